The van der Waals surface area contributed by atoms with Crippen LogP contribution in [0.15, 0.2) is 0 Å². The number of ether oxygens (including phenoxy) is 1. The summed E-state index contributed by atoms with van der Waals surface area (Å²) >= 11 is 0. The number of rotatable bonds is 8. The molecule has 1 aromatic heterocycles. The predicted octanol–water partition coefficient (Wildman–Crippen LogP) is 1.45. The highest BCUT2D eigenvalue weighted by Gasteiger charge is 2.16. The molecule has 0 aromatic carbocycles. The Bertz CT molecular complexity index is 410. The fourth-order valence-corrected chi connectivity index (χ4v) is 1.61. The first kappa shape index (κ1) is 16.4. The third kappa shape index (κ3) is 4.80. The number of nitrogens with one attached hydrogen (secondary N) is 2. The van der Waals surface area contributed by atoms with E-state index in [1.54, 1.807) is 7.11 Å². The van der Waals surface area contributed by atoms with E-state index in [1.165, 1.54) is 0 Å². The lowest BCUT2D eigenvalue weighted by Crippen LogP contribution is -2.31. The molecule has 7 nitrogen and oxygen atoms in total. The van der Waals surface area contributed by atoms with E-state index < -0.39 is 0 Å². The number of anilines is 3. The lowest BCUT2D eigenvalue weighted by atomic mass is 10.1. The first-order chi connectivity index (χ1) is 9.47. The topological polar surface area (TPSA) is 75.2 Å². The van der Waals surface area contributed by atoms with Crippen LogP contribution in [0.4, 0.5) is 17.8 Å². The van der Waals surface area contributed by atoms with Crippen molar-refractivity contribution >= 4 is 17.8 Å². The van der Waals surface area contributed by atoms with Crippen molar-refractivity contribution in [1.82, 2.24) is 15.0 Å². The van der Waals surface area contributed by atoms with Crippen molar-refractivity contribution in [3.05, 3.63) is 0 Å². The van der Waals surface area contributed by atoms with E-state index in [-0.39, 0.29) is 6.04 Å². The van der Waals surface area contributed by atoms with Crippen molar-refractivity contribution in [2.75, 3.05) is 49.9 Å². The maximum atomic E-state index is 5.23. The molecule has 1 aromatic rings. The second-order valence-corrected chi connectivity index (χ2v) is 5.16. The Balaban J connectivity index is 2.96. The Morgan fingerprint density at radius 3 is 2.30 bits per heavy atom. The molecule has 0 radical (unpaired) electrons. The standard InChI is InChI=1S/C13H26N6O/c1-7-14-11-16-12(18-13(17-11)19(4)5)15-10(8-20-6)9(2)3/h9-10H,7-8H2,1-6H3,(H2,14,15,16,17,18). The molecule has 0 aliphatic carbocycles. The van der Waals surface area contributed by atoms with E-state index in [0.717, 1.165) is 6.54 Å². The van der Waals surface area contributed by atoms with Crippen molar-refractivity contribution in [2.24, 2.45) is 5.92 Å². The summed E-state index contributed by atoms with van der Waals surface area (Å²) in [7, 11) is 5.51. The first-order valence-electron chi connectivity index (χ1n) is 6.90. The maximum Gasteiger partial charge on any atom is 0.231 e. The van der Waals surface area contributed by atoms with Crippen LogP contribution in [-0.4, -0.2) is 55.4 Å². The molecule has 0 spiro atoms. The SMILES string of the molecule is CCNc1nc(NC(COC)C(C)C)nc(N(C)C)n1. The number of hydrogen-bond donors (Lipinski definition) is 2. The maximum absolute atomic E-state index is 5.23. The lowest BCUT2D eigenvalue weighted by molar-refractivity contribution is 0.171. The van der Waals surface area contributed by atoms with Crippen molar-refractivity contribution in [3.63, 3.8) is 0 Å². The molecule has 1 rings (SSSR count). The van der Waals surface area contributed by atoms with Crippen molar-refractivity contribution in [3.8, 4) is 0 Å². The molecule has 1 unspecified atom stereocenters. The fourth-order valence-electron chi connectivity index (χ4n) is 1.61. The van der Waals surface area contributed by atoms with Gasteiger partial charge in [-0.25, -0.2) is 0 Å². The van der Waals surface area contributed by atoms with Crippen LogP contribution < -0.4 is 15.5 Å². The summed E-state index contributed by atoms with van der Waals surface area (Å²) in [5, 5.41) is 6.44. The highest BCUT2D eigenvalue weighted by atomic mass is 16.5. The molecule has 0 bridgehead atoms. The molecule has 1 atom stereocenters. The highest BCUT2D eigenvalue weighted by molar-refractivity contribution is 5.43. The molecule has 1 heterocycles. The smallest absolute Gasteiger partial charge is 0.231 e. The normalized spacial score (nSPS) is 12.3. The third-order valence-corrected chi connectivity index (χ3v) is 2.82. The quantitative estimate of drug-likeness (QED) is 0.747. The second-order valence-electron chi connectivity index (χ2n) is 5.16. The largest absolute Gasteiger partial charge is 0.383 e. The van der Waals surface area contributed by atoms with Gasteiger partial charge in [-0.2, -0.15) is 15.0 Å². The van der Waals surface area contributed by atoms with Gasteiger partial charge in [-0.3, -0.25) is 0 Å². The van der Waals surface area contributed by atoms with E-state index in [4.69, 9.17) is 4.74 Å². The van der Waals surface area contributed by atoms with Crippen LogP contribution in [0.3, 0.4) is 0 Å². The van der Waals surface area contributed by atoms with E-state index >= 15 is 0 Å². The first-order valence-corrected chi connectivity index (χ1v) is 6.90. The van der Waals surface area contributed by atoms with Crippen LogP contribution in [0.2, 0.25) is 0 Å². The van der Waals surface area contributed by atoms with Crippen LogP contribution in [-0.2, 0) is 4.74 Å². The highest BCUT2D eigenvalue weighted by Crippen LogP contribution is 2.14. The molecule has 7 heteroatoms. The lowest BCUT2D eigenvalue weighted by Gasteiger charge is -2.22. The minimum atomic E-state index is 0.159. The van der Waals surface area contributed by atoms with Gasteiger partial charge >= 0.3 is 0 Å². The van der Waals surface area contributed by atoms with Gasteiger partial charge in [0.2, 0.25) is 17.8 Å². The van der Waals surface area contributed by atoms with Gasteiger partial charge in [0.05, 0.1) is 12.6 Å². The third-order valence-electron chi connectivity index (χ3n) is 2.82. The van der Waals surface area contributed by atoms with Gasteiger partial charge in [-0.1, -0.05) is 13.8 Å². The average molecular weight is 282 g/mol. The Morgan fingerprint density at radius 2 is 1.80 bits per heavy atom. The van der Waals surface area contributed by atoms with Gasteiger partial charge < -0.3 is 20.3 Å². The Labute approximate surface area is 121 Å². The van der Waals surface area contributed by atoms with Gasteiger partial charge in [0.1, 0.15) is 0 Å². The van der Waals surface area contributed by atoms with Gasteiger partial charge in [0, 0.05) is 27.7 Å². The van der Waals surface area contributed by atoms with Gasteiger partial charge in [0.15, 0.2) is 0 Å². The van der Waals surface area contributed by atoms with Crippen molar-refractivity contribution in [1.29, 1.82) is 0 Å². The average Bonchev–Trinajstić information content (AvgIpc) is 2.38. The molecule has 20 heavy (non-hydrogen) atoms. The van der Waals surface area contributed by atoms with Gasteiger partial charge in [0.25, 0.3) is 0 Å². The summed E-state index contributed by atoms with van der Waals surface area (Å²) in [5.74, 6) is 2.18. The molecule has 0 fully saturated rings. The minimum Gasteiger partial charge on any atom is -0.383 e. The fraction of sp³-hybridized carbons (Fsp3) is 0.769. The van der Waals surface area contributed by atoms with Crippen LogP contribution in [0, 0.1) is 5.92 Å². The number of hydrogen-bond acceptors (Lipinski definition) is 7. The van der Waals surface area contributed by atoms with E-state index in [1.807, 2.05) is 25.9 Å². The molecular weight excluding hydrogens is 256 g/mol. The summed E-state index contributed by atoms with van der Waals surface area (Å²) in [4.78, 5) is 15.0. The van der Waals surface area contributed by atoms with E-state index in [0.29, 0.717) is 30.4 Å². The second kappa shape index (κ2) is 7.84. The Morgan fingerprint density at radius 1 is 1.15 bits per heavy atom. The van der Waals surface area contributed by atoms with Crippen LogP contribution in [0.25, 0.3) is 0 Å². The molecule has 0 aliphatic rings. The number of methoxy groups -OCH3 is 1. The zero-order valence-corrected chi connectivity index (χ0v) is 13.3. The molecule has 0 saturated carbocycles. The molecular formula is C13H26N6O. The summed E-state index contributed by atoms with van der Waals surface area (Å²) in [5.41, 5.74) is 0. The minimum absolute atomic E-state index is 0.159. The molecule has 2 N–H and O–H groups in total. The van der Waals surface area contributed by atoms with Crippen LogP contribution in [0.1, 0.15) is 20.8 Å². The monoisotopic (exact) mass is 282 g/mol. The summed E-state index contributed by atoms with van der Waals surface area (Å²) in [6.45, 7) is 7.65. The van der Waals surface area contributed by atoms with Gasteiger partial charge in [-0.15, -0.1) is 0 Å². The van der Waals surface area contributed by atoms with Crippen LogP contribution >= 0.6 is 0 Å². The predicted molar refractivity (Wildman–Crippen MR) is 82.4 cm³/mol. The van der Waals surface area contributed by atoms with Gasteiger partial charge in [-0.05, 0) is 12.8 Å². The molecule has 0 amide bonds. The summed E-state index contributed by atoms with van der Waals surface area (Å²) < 4.78 is 5.23. The Kier molecular flexibility index (Phi) is 6.44. The summed E-state index contributed by atoms with van der Waals surface area (Å²) in [6, 6.07) is 0.159. The van der Waals surface area contributed by atoms with E-state index in [2.05, 4.69) is 39.4 Å². The zero-order chi connectivity index (χ0) is 15.1. The summed E-state index contributed by atoms with van der Waals surface area (Å²) in [6.07, 6.45) is 0. The Hall–Kier alpha value is -1.63. The van der Waals surface area contributed by atoms with E-state index in [9.17, 15) is 0 Å². The van der Waals surface area contributed by atoms with Crippen molar-refractivity contribution < 1.29 is 4.74 Å². The number of aromatic nitrogens is 3. The number of nitrogens with zero attached hydrogens (tertiary/aromatic N) is 4. The zero-order valence-electron chi connectivity index (χ0n) is 13.3. The molecule has 0 saturated heterocycles. The molecule has 0 aliphatic heterocycles. The molecule has 114 valence electrons. The van der Waals surface area contributed by atoms with Crippen molar-refractivity contribution in [2.45, 2.75) is 26.8 Å². The van der Waals surface area contributed by atoms with Crippen LogP contribution in [0.5, 0.6) is 0 Å².